The molecular formula is C20H17N3O3. The number of hydrogen-bond acceptors (Lipinski definition) is 5. The van der Waals surface area contributed by atoms with Crippen molar-refractivity contribution in [1.82, 2.24) is 15.0 Å². The number of H-pyrrole nitrogens is 1. The monoisotopic (exact) mass is 347 g/mol. The summed E-state index contributed by atoms with van der Waals surface area (Å²) in [6.45, 7) is 2.01. The fourth-order valence-corrected chi connectivity index (χ4v) is 3.14. The van der Waals surface area contributed by atoms with Gasteiger partial charge in [-0.3, -0.25) is 4.98 Å². The molecular weight excluding hydrogens is 330 g/mol. The highest BCUT2D eigenvalue weighted by Gasteiger charge is 2.14. The van der Waals surface area contributed by atoms with Gasteiger partial charge < -0.3 is 14.5 Å². The highest BCUT2D eigenvalue weighted by molar-refractivity contribution is 5.98. The van der Waals surface area contributed by atoms with Gasteiger partial charge in [-0.1, -0.05) is 0 Å². The first-order chi connectivity index (χ1) is 12.6. The molecule has 4 rings (SSSR count). The van der Waals surface area contributed by atoms with E-state index in [1.807, 2.05) is 25.1 Å². The Labute approximate surface area is 149 Å². The average molecular weight is 347 g/mol. The molecule has 0 fully saturated rings. The number of aryl methyl sites for hydroxylation is 1. The van der Waals surface area contributed by atoms with Crippen molar-refractivity contribution in [2.75, 3.05) is 14.2 Å². The number of rotatable bonds is 3. The van der Waals surface area contributed by atoms with Gasteiger partial charge in [-0.05, 0) is 43.3 Å². The minimum Gasteiger partial charge on any atom is -0.497 e. The van der Waals surface area contributed by atoms with E-state index < -0.39 is 5.97 Å². The number of ether oxygens (including phenoxy) is 2. The van der Waals surface area contributed by atoms with Crippen LogP contribution < -0.4 is 4.74 Å². The molecule has 0 unspecified atom stereocenters. The predicted octanol–water partition coefficient (Wildman–Crippen LogP) is 3.88. The molecule has 0 aliphatic heterocycles. The lowest BCUT2D eigenvalue weighted by Crippen LogP contribution is -2.01. The molecule has 0 aliphatic carbocycles. The van der Waals surface area contributed by atoms with E-state index in [2.05, 4.69) is 9.97 Å². The van der Waals surface area contributed by atoms with Gasteiger partial charge in [0.2, 0.25) is 0 Å². The summed E-state index contributed by atoms with van der Waals surface area (Å²) in [6, 6.07) is 11.0. The molecule has 2 aromatic carbocycles. The standard InChI is InChI=1S/C20H17N3O3/c1-11-19(14-9-13(25-2)5-7-15(14)22-11)18-10-21-17-8-12(20(24)26-3)4-6-16(17)23-18/h4-10,22H,1-3H3. The van der Waals surface area contributed by atoms with Crippen LogP contribution in [0.25, 0.3) is 33.2 Å². The van der Waals surface area contributed by atoms with Crippen molar-refractivity contribution in [3.8, 4) is 17.0 Å². The van der Waals surface area contributed by atoms with Crippen LogP contribution in [0.3, 0.4) is 0 Å². The van der Waals surface area contributed by atoms with Crippen LogP contribution in [-0.2, 0) is 4.74 Å². The summed E-state index contributed by atoms with van der Waals surface area (Å²) in [6.07, 6.45) is 1.72. The third-order valence-electron chi connectivity index (χ3n) is 4.41. The highest BCUT2D eigenvalue weighted by Crippen LogP contribution is 2.33. The van der Waals surface area contributed by atoms with Crippen LogP contribution in [0.5, 0.6) is 5.75 Å². The molecule has 2 heterocycles. The summed E-state index contributed by atoms with van der Waals surface area (Å²) < 4.78 is 10.1. The number of benzene rings is 2. The van der Waals surface area contributed by atoms with E-state index in [9.17, 15) is 4.79 Å². The average Bonchev–Trinajstić information content (AvgIpc) is 3.01. The van der Waals surface area contributed by atoms with Gasteiger partial charge in [-0.25, -0.2) is 9.78 Å². The summed E-state index contributed by atoms with van der Waals surface area (Å²) in [5, 5.41) is 1.03. The maximum Gasteiger partial charge on any atom is 0.337 e. The topological polar surface area (TPSA) is 77.1 Å². The third-order valence-corrected chi connectivity index (χ3v) is 4.41. The van der Waals surface area contributed by atoms with Crippen LogP contribution in [0.1, 0.15) is 16.1 Å². The third kappa shape index (κ3) is 2.56. The lowest BCUT2D eigenvalue weighted by Gasteiger charge is -2.05. The molecule has 0 saturated carbocycles. The second-order valence-corrected chi connectivity index (χ2v) is 5.99. The van der Waals surface area contributed by atoms with Crippen molar-refractivity contribution >= 4 is 27.9 Å². The number of methoxy groups -OCH3 is 2. The minimum absolute atomic E-state index is 0.391. The van der Waals surface area contributed by atoms with Crippen molar-refractivity contribution in [1.29, 1.82) is 0 Å². The number of carbonyl (C=O) groups is 1. The van der Waals surface area contributed by atoms with Gasteiger partial charge in [0.15, 0.2) is 0 Å². The zero-order valence-electron chi connectivity index (χ0n) is 14.7. The zero-order valence-corrected chi connectivity index (χ0v) is 14.7. The Kier molecular flexibility index (Phi) is 3.80. The van der Waals surface area contributed by atoms with Crippen LogP contribution in [0.2, 0.25) is 0 Å². The molecule has 0 amide bonds. The van der Waals surface area contributed by atoms with Crippen LogP contribution in [0.15, 0.2) is 42.6 Å². The molecule has 0 atom stereocenters. The first kappa shape index (κ1) is 16.1. The van der Waals surface area contributed by atoms with Gasteiger partial charge in [0, 0.05) is 22.2 Å². The second kappa shape index (κ2) is 6.15. The van der Waals surface area contributed by atoms with Crippen molar-refractivity contribution in [3.05, 3.63) is 53.9 Å². The molecule has 2 aromatic heterocycles. The first-order valence-electron chi connectivity index (χ1n) is 8.12. The smallest absolute Gasteiger partial charge is 0.337 e. The number of esters is 1. The maximum absolute atomic E-state index is 11.7. The maximum atomic E-state index is 11.7. The highest BCUT2D eigenvalue weighted by atomic mass is 16.5. The van der Waals surface area contributed by atoms with Crippen LogP contribution in [-0.4, -0.2) is 35.1 Å². The number of aromatic nitrogens is 3. The number of nitrogens with one attached hydrogen (secondary N) is 1. The van der Waals surface area contributed by atoms with E-state index in [-0.39, 0.29) is 0 Å². The largest absolute Gasteiger partial charge is 0.497 e. The molecule has 1 N–H and O–H groups in total. The fraction of sp³-hybridized carbons (Fsp3) is 0.150. The number of fused-ring (bicyclic) bond motifs is 2. The van der Waals surface area contributed by atoms with E-state index in [1.54, 1.807) is 31.5 Å². The Morgan fingerprint density at radius 3 is 2.69 bits per heavy atom. The molecule has 6 heteroatoms. The van der Waals surface area contributed by atoms with E-state index in [1.165, 1.54) is 7.11 Å². The van der Waals surface area contributed by atoms with E-state index >= 15 is 0 Å². The van der Waals surface area contributed by atoms with Crippen LogP contribution in [0, 0.1) is 6.92 Å². The van der Waals surface area contributed by atoms with E-state index in [0.717, 1.165) is 33.6 Å². The Hall–Kier alpha value is -3.41. The van der Waals surface area contributed by atoms with Crippen molar-refractivity contribution in [2.24, 2.45) is 0 Å². The molecule has 0 aliphatic rings. The quantitative estimate of drug-likeness (QED) is 0.569. The molecule has 4 aromatic rings. The van der Waals surface area contributed by atoms with Crippen molar-refractivity contribution in [3.63, 3.8) is 0 Å². The Bertz CT molecular complexity index is 1150. The van der Waals surface area contributed by atoms with Gasteiger partial charge in [0.25, 0.3) is 0 Å². The Morgan fingerprint density at radius 1 is 1.08 bits per heavy atom. The molecule has 0 bridgehead atoms. The molecule has 130 valence electrons. The van der Waals surface area contributed by atoms with Gasteiger partial charge >= 0.3 is 5.97 Å². The summed E-state index contributed by atoms with van der Waals surface area (Å²) in [4.78, 5) is 24.3. The van der Waals surface area contributed by atoms with Gasteiger partial charge in [-0.15, -0.1) is 0 Å². The van der Waals surface area contributed by atoms with Crippen molar-refractivity contribution < 1.29 is 14.3 Å². The Morgan fingerprint density at radius 2 is 1.92 bits per heavy atom. The lowest BCUT2D eigenvalue weighted by molar-refractivity contribution is 0.0601. The van der Waals surface area contributed by atoms with Gasteiger partial charge in [0.1, 0.15) is 5.75 Å². The minimum atomic E-state index is -0.391. The fourth-order valence-electron chi connectivity index (χ4n) is 3.14. The summed E-state index contributed by atoms with van der Waals surface area (Å²) in [7, 11) is 3.00. The number of carbonyl (C=O) groups excluding carboxylic acids is 1. The number of hydrogen-bond donors (Lipinski definition) is 1. The van der Waals surface area contributed by atoms with E-state index in [0.29, 0.717) is 16.6 Å². The second-order valence-electron chi connectivity index (χ2n) is 5.99. The summed E-state index contributed by atoms with van der Waals surface area (Å²) in [5.74, 6) is 0.395. The summed E-state index contributed by atoms with van der Waals surface area (Å²) in [5.41, 5.74) is 5.59. The summed E-state index contributed by atoms with van der Waals surface area (Å²) >= 11 is 0. The number of aromatic amines is 1. The van der Waals surface area contributed by atoms with Crippen LogP contribution >= 0.6 is 0 Å². The van der Waals surface area contributed by atoms with Gasteiger partial charge in [0.05, 0.1) is 42.7 Å². The normalized spacial score (nSPS) is 11.0. The molecule has 0 spiro atoms. The van der Waals surface area contributed by atoms with Crippen molar-refractivity contribution in [2.45, 2.75) is 6.92 Å². The molecule has 26 heavy (non-hydrogen) atoms. The SMILES string of the molecule is COC(=O)c1ccc2nc(-c3c(C)[nH]c4ccc(OC)cc34)cnc2c1. The van der Waals surface area contributed by atoms with E-state index in [4.69, 9.17) is 14.5 Å². The molecule has 0 radical (unpaired) electrons. The molecule has 0 saturated heterocycles. The first-order valence-corrected chi connectivity index (χ1v) is 8.12. The molecule has 6 nitrogen and oxygen atoms in total. The lowest BCUT2D eigenvalue weighted by atomic mass is 10.1. The van der Waals surface area contributed by atoms with Gasteiger partial charge in [-0.2, -0.15) is 0 Å². The number of nitrogens with zero attached hydrogens (tertiary/aromatic N) is 2. The predicted molar refractivity (Wildman–Crippen MR) is 99.5 cm³/mol. The zero-order chi connectivity index (χ0) is 18.3. The van der Waals surface area contributed by atoms with Crippen LogP contribution in [0.4, 0.5) is 0 Å². The Balaban J connectivity index is 1.88.